The van der Waals surface area contributed by atoms with Gasteiger partial charge in [0.2, 0.25) is 0 Å². The van der Waals surface area contributed by atoms with Crippen molar-refractivity contribution < 1.29 is 9.15 Å². The molecule has 4 heteroatoms. The zero-order valence-electron chi connectivity index (χ0n) is 12.2. The van der Waals surface area contributed by atoms with Gasteiger partial charge in [0, 0.05) is 23.4 Å². The molecule has 1 aromatic carbocycles. The Morgan fingerprint density at radius 1 is 1.19 bits per heavy atom. The molecule has 0 saturated carbocycles. The van der Waals surface area contributed by atoms with Gasteiger partial charge >= 0.3 is 0 Å². The summed E-state index contributed by atoms with van der Waals surface area (Å²) in [6.07, 6.45) is 3.55. The zero-order chi connectivity index (χ0) is 14.7. The van der Waals surface area contributed by atoms with E-state index < -0.39 is 0 Å². The van der Waals surface area contributed by atoms with Crippen LogP contribution in [0.3, 0.4) is 0 Å². The predicted octanol–water partition coefficient (Wildman–Crippen LogP) is 4.05. The highest BCUT2D eigenvalue weighted by atomic mass is 16.5. The van der Waals surface area contributed by atoms with Crippen molar-refractivity contribution in [2.75, 3.05) is 0 Å². The van der Waals surface area contributed by atoms with Crippen LogP contribution in [-0.2, 0) is 13.2 Å². The molecule has 0 radical (unpaired) electrons. The lowest BCUT2D eigenvalue weighted by atomic mass is 10.2. The summed E-state index contributed by atoms with van der Waals surface area (Å²) >= 11 is 0. The SMILES string of the molecule is CCn1ncc(COc2ccc(-c3ccco3)cc2)c1C. The monoisotopic (exact) mass is 282 g/mol. The molecule has 0 atom stereocenters. The van der Waals surface area contributed by atoms with Crippen LogP contribution in [0.5, 0.6) is 5.75 Å². The molecule has 3 aromatic rings. The van der Waals surface area contributed by atoms with E-state index in [0.717, 1.165) is 34.9 Å². The quantitative estimate of drug-likeness (QED) is 0.708. The van der Waals surface area contributed by atoms with Gasteiger partial charge in [0.1, 0.15) is 18.1 Å². The Labute approximate surface area is 124 Å². The van der Waals surface area contributed by atoms with Crippen molar-refractivity contribution in [1.82, 2.24) is 9.78 Å². The molecule has 108 valence electrons. The molecule has 0 aliphatic rings. The summed E-state index contributed by atoms with van der Waals surface area (Å²) in [5.41, 5.74) is 3.32. The number of benzene rings is 1. The second-order valence-electron chi connectivity index (χ2n) is 4.86. The first-order valence-corrected chi connectivity index (χ1v) is 7.06. The summed E-state index contributed by atoms with van der Waals surface area (Å²) < 4.78 is 13.2. The zero-order valence-corrected chi connectivity index (χ0v) is 12.2. The van der Waals surface area contributed by atoms with Crippen LogP contribution in [0.2, 0.25) is 0 Å². The van der Waals surface area contributed by atoms with Crippen LogP contribution < -0.4 is 4.74 Å². The first-order chi connectivity index (χ1) is 10.3. The number of furan rings is 1. The Hall–Kier alpha value is -2.49. The summed E-state index contributed by atoms with van der Waals surface area (Å²) in [6, 6.07) is 11.7. The van der Waals surface area contributed by atoms with E-state index in [2.05, 4.69) is 18.9 Å². The molecule has 0 saturated heterocycles. The minimum Gasteiger partial charge on any atom is -0.489 e. The van der Waals surface area contributed by atoms with Crippen LogP contribution in [-0.4, -0.2) is 9.78 Å². The number of hydrogen-bond acceptors (Lipinski definition) is 3. The molecular formula is C17H18N2O2. The average molecular weight is 282 g/mol. The van der Waals surface area contributed by atoms with Gasteiger partial charge in [-0.15, -0.1) is 0 Å². The summed E-state index contributed by atoms with van der Waals surface area (Å²) in [6.45, 7) is 5.56. The fourth-order valence-electron chi connectivity index (χ4n) is 2.27. The Balaban J connectivity index is 1.67. The van der Waals surface area contributed by atoms with Gasteiger partial charge in [-0.05, 0) is 50.2 Å². The third-order valence-electron chi connectivity index (χ3n) is 3.56. The van der Waals surface area contributed by atoms with E-state index >= 15 is 0 Å². The van der Waals surface area contributed by atoms with Crippen molar-refractivity contribution in [2.45, 2.75) is 27.0 Å². The van der Waals surface area contributed by atoms with E-state index in [1.54, 1.807) is 6.26 Å². The van der Waals surface area contributed by atoms with Crippen molar-refractivity contribution >= 4 is 0 Å². The van der Waals surface area contributed by atoms with Crippen molar-refractivity contribution in [2.24, 2.45) is 0 Å². The summed E-state index contributed by atoms with van der Waals surface area (Å²) in [5.74, 6) is 1.70. The molecule has 0 aliphatic heterocycles. The van der Waals surface area contributed by atoms with Gasteiger partial charge in [0.05, 0.1) is 12.5 Å². The van der Waals surface area contributed by atoms with Gasteiger partial charge in [-0.2, -0.15) is 5.10 Å². The maximum absolute atomic E-state index is 5.82. The Bertz CT molecular complexity index is 697. The lowest BCUT2D eigenvalue weighted by molar-refractivity contribution is 0.305. The van der Waals surface area contributed by atoms with Gasteiger partial charge < -0.3 is 9.15 Å². The highest BCUT2D eigenvalue weighted by molar-refractivity contribution is 5.58. The molecule has 0 spiro atoms. The van der Waals surface area contributed by atoms with E-state index in [4.69, 9.17) is 9.15 Å². The molecule has 0 N–H and O–H groups in total. The molecule has 0 fully saturated rings. The van der Waals surface area contributed by atoms with E-state index in [1.165, 1.54) is 0 Å². The molecular weight excluding hydrogens is 264 g/mol. The fraction of sp³-hybridized carbons (Fsp3) is 0.235. The first-order valence-electron chi connectivity index (χ1n) is 7.06. The number of ether oxygens (including phenoxy) is 1. The normalized spacial score (nSPS) is 10.8. The van der Waals surface area contributed by atoms with Crippen molar-refractivity contribution in [3.63, 3.8) is 0 Å². The lowest BCUT2D eigenvalue weighted by Gasteiger charge is -2.07. The van der Waals surface area contributed by atoms with E-state index in [0.29, 0.717) is 6.61 Å². The Morgan fingerprint density at radius 3 is 2.62 bits per heavy atom. The van der Waals surface area contributed by atoms with Crippen LogP contribution >= 0.6 is 0 Å². The highest BCUT2D eigenvalue weighted by Gasteiger charge is 2.06. The lowest BCUT2D eigenvalue weighted by Crippen LogP contribution is -2.01. The summed E-state index contributed by atoms with van der Waals surface area (Å²) in [5, 5.41) is 4.32. The number of nitrogens with zero attached hydrogens (tertiary/aromatic N) is 2. The molecule has 3 rings (SSSR count). The topological polar surface area (TPSA) is 40.2 Å². The van der Waals surface area contributed by atoms with Crippen molar-refractivity contribution in [3.8, 4) is 17.1 Å². The third-order valence-corrected chi connectivity index (χ3v) is 3.56. The van der Waals surface area contributed by atoms with Crippen LogP contribution in [0.1, 0.15) is 18.2 Å². The van der Waals surface area contributed by atoms with Crippen LogP contribution in [0.25, 0.3) is 11.3 Å². The molecule has 0 unspecified atom stereocenters. The first kappa shape index (κ1) is 13.5. The van der Waals surface area contributed by atoms with E-state index in [9.17, 15) is 0 Å². The number of aryl methyl sites for hydroxylation is 1. The van der Waals surface area contributed by atoms with Gasteiger partial charge in [-0.25, -0.2) is 0 Å². The summed E-state index contributed by atoms with van der Waals surface area (Å²) in [7, 11) is 0. The second-order valence-corrected chi connectivity index (χ2v) is 4.86. The largest absolute Gasteiger partial charge is 0.489 e. The van der Waals surface area contributed by atoms with E-state index in [-0.39, 0.29) is 0 Å². The number of hydrogen-bond donors (Lipinski definition) is 0. The molecule has 0 amide bonds. The predicted molar refractivity (Wildman–Crippen MR) is 81.1 cm³/mol. The maximum atomic E-state index is 5.82. The third kappa shape index (κ3) is 2.84. The molecule has 0 aliphatic carbocycles. The Morgan fingerprint density at radius 2 is 2.00 bits per heavy atom. The van der Waals surface area contributed by atoms with Crippen molar-refractivity contribution in [1.29, 1.82) is 0 Å². The van der Waals surface area contributed by atoms with Crippen LogP contribution in [0, 0.1) is 6.92 Å². The van der Waals surface area contributed by atoms with Gasteiger partial charge in [-0.1, -0.05) is 0 Å². The number of rotatable bonds is 5. The smallest absolute Gasteiger partial charge is 0.133 e. The maximum Gasteiger partial charge on any atom is 0.133 e. The second kappa shape index (κ2) is 5.87. The van der Waals surface area contributed by atoms with Crippen LogP contribution in [0.4, 0.5) is 0 Å². The van der Waals surface area contributed by atoms with Gasteiger partial charge in [-0.3, -0.25) is 4.68 Å². The molecule has 21 heavy (non-hydrogen) atoms. The molecule has 2 heterocycles. The average Bonchev–Trinajstić information content (AvgIpc) is 3.16. The molecule has 2 aromatic heterocycles. The molecule has 0 bridgehead atoms. The highest BCUT2D eigenvalue weighted by Crippen LogP contribution is 2.23. The summed E-state index contributed by atoms with van der Waals surface area (Å²) in [4.78, 5) is 0. The van der Waals surface area contributed by atoms with Crippen LogP contribution in [0.15, 0.2) is 53.3 Å². The minimum atomic E-state index is 0.534. The minimum absolute atomic E-state index is 0.534. The fourth-order valence-corrected chi connectivity index (χ4v) is 2.27. The Kier molecular flexibility index (Phi) is 3.77. The standard InChI is InChI=1S/C17H18N2O2/c1-3-19-13(2)15(11-18-19)12-21-16-8-6-14(7-9-16)17-5-4-10-20-17/h4-11H,3,12H2,1-2H3. The molecule has 4 nitrogen and oxygen atoms in total. The number of aromatic nitrogens is 2. The van der Waals surface area contributed by atoms with E-state index in [1.807, 2.05) is 47.3 Å². The van der Waals surface area contributed by atoms with Crippen molar-refractivity contribution in [3.05, 3.63) is 60.1 Å². The van der Waals surface area contributed by atoms with Gasteiger partial charge in [0.15, 0.2) is 0 Å². The van der Waals surface area contributed by atoms with Gasteiger partial charge in [0.25, 0.3) is 0 Å².